The maximum absolute atomic E-state index is 9.75. The number of para-hydroxylation sites is 2. The monoisotopic (exact) mass is 721 g/mol. The first-order valence-electron chi connectivity index (χ1n) is 22.5. The molecule has 0 aliphatic carbocycles. The maximum Gasteiger partial charge on any atom is 0.136 e. The number of benzene rings is 10. The molecular weight excluding hydrogens is 679 g/mol. The first-order valence-corrected chi connectivity index (χ1v) is 18.5. The zero-order valence-electron chi connectivity index (χ0n) is 37.9. The van der Waals surface area contributed by atoms with Crippen LogP contribution in [0.4, 0.5) is 17.1 Å². The first kappa shape index (κ1) is 24.8. The van der Waals surface area contributed by atoms with Crippen molar-refractivity contribution in [3.05, 3.63) is 212 Å². The van der Waals surface area contributed by atoms with Crippen molar-refractivity contribution in [2.24, 2.45) is 0 Å². The van der Waals surface area contributed by atoms with E-state index >= 15 is 0 Å². The lowest BCUT2D eigenvalue weighted by atomic mass is 9.93. The summed E-state index contributed by atoms with van der Waals surface area (Å²) in [6.07, 6.45) is 0. The lowest BCUT2D eigenvalue weighted by Crippen LogP contribution is -2.11. The molecule has 0 fully saturated rings. The second-order valence-electron chi connectivity index (χ2n) is 13.9. The predicted molar refractivity (Wildman–Crippen MR) is 237 cm³/mol. The molecule has 0 atom stereocenters. The highest BCUT2D eigenvalue weighted by Crippen LogP contribution is 2.43. The number of anilines is 3. The van der Waals surface area contributed by atoms with Crippen molar-refractivity contribution < 1.29 is 15.4 Å². The molecule has 0 aliphatic heterocycles. The molecule has 0 radical (unpaired) electrons. The van der Waals surface area contributed by atoms with Gasteiger partial charge in [-0.05, 0) is 115 Å². The summed E-state index contributed by atoms with van der Waals surface area (Å²) in [4.78, 5) is 1.47. The number of hydrogen-bond donors (Lipinski definition) is 0. The van der Waals surface area contributed by atoms with Crippen molar-refractivity contribution in [1.82, 2.24) is 0 Å². The highest BCUT2D eigenvalue weighted by molar-refractivity contribution is 6.19. The van der Waals surface area contributed by atoms with E-state index in [0.29, 0.717) is 16.8 Å². The number of rotatable bonds is 6. The summed E-state index contributed by atoms with van der Waals surface area (Å²) < 4.78 is 81.3. The van der Waals surface area contributed by atoms with Crippen LogP contribution in [0.1, 0.15) is 11.0 Å². The Morgan fingerprint density at radius 2 is 1.05 bits per heavy atom. The van der Waals surface area contributed by atoms with Gasteiger partial charge >= 0.3 is 0 Å². The van der Waals surface area contributed by atoms with Gasteiger partial charge in [-0.15, -0.1) is 0 Å². The fourth-order valence-electron chi connectivity index (χ4n) is 8.00. The maximum atomic E-state index is 9.75. The summed E-state index contributed by atoms with van der Waals surface area (Å²) in [5.74, 6) is 0. The SMILES string of the molecule is [2H]c1c([2H])c([2H])c(N(c2ccc(-c3ccc4ccc5oc6ccccc6c5c4c3)cc2)c2c([2H])c([2H])c(-c3cc4ccccc4c4ccccc34)c([2H])c2[2H])c(-c2ccccc2)c1[2H]. The smallest absolute Gasteiger partial charge is 0.136 e. The van der Waals surface area contributed by atoms with E-state index in [2.05, 4.69) is 18.2 Å². The zero-order chi connectivity index (χ0) is 44.0. The molecule has 10 aromatic carbocycles. The van der Waals surface area contributed by atoms with Crippen molar-refractivity contribution in [1.29, 1.82) is 0 Å². The van der Waals surface area contributed by atoms with Gasteiger partial charge in [0.15, 0.2) is 0 Å². The van der Waals surface area contributed by atoms with E-state index in [9.17, 15) is 8.22 Å². The molecule has 1 aromatic heterocycles. The topological polar surface area (TPSA) is 16.4 Å². The molecule has 2 nitrogen and oxygen atoms in total. The Kier molecular flexibility index (Phi) is 5.83. The number of fused-ring (bicyclic) bond motifs is 8. The van der Waals surface area contributed by atoms with Crippen molar-refractivity contribution in [2.45, 2.75) is 0 Å². The molecular formula is C54H35NO. The molecule has 0 spiro atoms. The average Bonchev–Trinajstić information content (AvgIpc) is 3.73. The van der Waals surface area contributed by atoms with E-state index in [1.807, 2.05) is 109 Å². The van der Waals surface area contributed by atoms with E-state index in [1.165, 1.54) is 4.90 Å². The van der Waals surface area contributed by atoms with Crippen LogP contribution in [0.5, 0.6) is 0 Å². The van der Waals surface area contributed by atoms with Crippen LogP contribution in [0.15, 0.2) is 217 Å². The van der Waals surface area contributed by atoms with Gasteiger partial charge in [0.2, 0.25) is 0 Å². The van der Waals surface area contributed by atoms with Crippen LogP contribution >= 0.6 is 0 Å². The van der Waals surface area contributed by atoms with Crippen LogP contribution in [0, 0.1) is 0 Å². The Balaban J connectivity index is 1.15. The molecule has 0 amide bonds. The summed E-state index contributed by atoms with van der Waals surface area (Å²) in [6, 6.07) is 49.1. The molecule has 56 heavy (non-hydrogen) atoms. The Morgan fingerprint density at radius 1 is 0.375 bits per heavy atom. The van der Waals surface area contributed by atoms with Gasteiger partial charge in [0.05, 0.1) is 16.7 Å². The number of furan rings is 1. The van der Waals surface area contributed by atoms with Gasteiger partial charge in [0.25, 0.3) is 0 Å². The molecule has 1 heterocycles. The van der Waals surface area contributed by atoms with Gasteiger partial charge in [0.1, 0.15) is 11.2 Å². The van der Waals surface area contributed by atoms with Gasteiger partial charge < -0.3 is 9.32 Å². The average molecular weight is 722 g/mol. The highest BCUT2D eigenvalue weighted by Gasteiger charge is 2.18. The van der Waals surface area contributed by atoms with Crippen molar-refractivity contribution >= 4 is 71.3 Å². The van der Waals surface area contributed by atoms with Gasteiger partial charge in [-0.2, -0.15) is 0 Å². The van der Waals surface area contributed by atoms with Crippen LogP contribution in [-0.4, -0.2) is 0 Å². The zero-order valence-corrected chi connectivity index (χ0v) is 29.9. The van der Waals surface area contributed by atoms with Crippen molar-refractivity contribution in [3.8, 4) is 33.4 Å². The van der Waals surface area contributed by atoms with Crippen LogP contribution in [0.25, 0.3) is 87.6 Å². The minimum Gasteiger partial charge on any atom is -0.456 e. The molecule has 0 bridgehead atoms. The highest BCUT2D eigenvalue weighted by atomic mass is 16.3. The largest absolute Gasteiger partial charge is 0.456 e. The summed E-state index contributed by atoms with van der Waals surface area (Å²) in [5, 5.41) is 7.71. The molecule has 0 aliphatic rings. The Hall–Kier alpha value is -7.42. The molecule has 262 valence electrons. The van der Waals surface area contributed by atoms with Crippen LogP contribution in [0.3, 0.4) is 0 Å². The van der Waals surface area contributed by atoms with E-state index in [-0.39, 0.29) is 52.7 Å². The molecule has 2 heteroatoms. The fraction of sp³-hybridized carbons (Fsp3) is 0. The van der Waals surface area contributed by atoms with Gasteiger partial charge in [-0.25, -0.2) is 0 Å². The number of nitrogens with zero attached hydrogens (tertiary/aromatic N) is 1. The third-order valence-corrected chi connectivity index (χ3v) is 10.6. The normalized spacial score (nSPS) is 13.6. The molecule has 0 saturated carbocycles. The molecule has 0 unspecified atom stereocenters. The molecule has 0 N–H and O–H groups in total. The molecule has 11 aromatic rings. The van der Waals surface area contributed by atoms with Gasteiger partial charge in [-0.3, -0.25) is 0 Å². The van der Waals surface area contributed by atoms with E-state index < -0.39 is 18.1 Å². The van der Waals surface area contributed by atoms with E-state index in [1.54, 1.807) is 36.4 Å². The van der Waals surface area contributed by atoms with Crippen LogP contribution < -0.4 is 4.90 Å². The van der Waals surface area contributed by atoms with Crippen LogP contribution in [-0.2, 0) is 0 Å². The standard InChI is InChI=1S/C54H35NO/c1-2-12-37(13-3-1)45-16-8-10-20-51(45)55(43-31-26-38(27-32-43)49-35-41-14-4-5-15-44(41)46-17-6-7-18-47(46)49)42-29-24-36(25-30-42)40-23-22-39-28-33-53-54(50(39)34-40)48-19-9-11-21-52(48)56-53/h1-35H/i8D,10D,16D,20D,26D,27D,31D,32D. The molecule has 11 rings (SSSR count). The summed E-state index contributed by atoms with van der Waals surface area (Å²) >= 11 is 0. The second kappa shape index (κ2) is 13.2. The Bertz CT molecular complexity index is 3690. The Morgan fingerprint density at radius 3 is 1.89 bits per heavy atom. The fourth-order valence-corrected chi connectivity index (χ4v) is 8.00. The van der Waals surface area contributed by atoms with E-state index in [4.69, 9.17) is 7.16 Å². The Labute approximate surface area is 336 Å². The van der Waals surface area contributed by atoms with Gasteiger partial charge in [0, 0.05) is 27.7 Å². The predicted octanol–water partition coefficient (Wildman–Crippen LogP) is 15.5. The third kappa shape index (κ3) is 5.34. The third-order valence-electron chi connectivity index (χ3n) is 10.6. The summed E-state index contributed by atoms with van der Waals surface area (Å²) in [5.41, 5.74) is 4.92. The molecule has 0 saturated heterocycles. The first-order chi connectivity index (χ1) is 31.1. The summed E-state index contributed by atoms with van der Waals surface area (Å²) in [6.45, 7) is 0. The second-order valence-corrected chi connectivity index (χ2v) is 13.9. The van der Waals surface area contributed by atoms with E-state index in [0.717, 1.165) is 65.4 Å². The quantitative estimate of drug-likeness (QED) is 0.159. The lowest BCUT2D eigenvalue weighted by Gasteiger charge is -2.28. The van der Waals surface area contributed by atoms with Crippen molar-refractivity contribution in [2.75, 3.05) is 4.90 Å². The summed E-state index contributed by atoms with van der Waals surface area (Å²) in [7, 11) is 0. The minimum atomic E-state index is -0.495. The van der Waals surface area contributed by atoms with Gasteiger partial charge in [-0.1, -0.05) is 158 Å². The van der Waals surface area contributed by atoms with Crippen LogP contribution in [0.2, 0.25) is 0 Å². The lowest BCUT2D eigenvalue weighted by molar-refractivity contribution is 0.669. The van der Waals surface area contributed by atoms with Crippen molar-refractivity contribution in [3.63, 3.8) is 0 Å². The number of hydrogen-bond acceptors (Lipinski definition) is 2. The minimum absolute atomic E-state index is 0.00501.